The van der Waals surface area contributed by atoms with Gasteiger partial charge in [-0.25, -0.2) is 8.78 Å². The molecule has 156 valence electrons. The van der Waals surface area contributed by atoms with Crippen LogP contribution in [0, 0.1) is 11.6 Å². The van der Waals surface area contributed by atoms with Crippen molar-refractivity contribution >= 4 is 29.0 Å². The standard InChI is InChI=1S/C22H21ClF2N4O/c1-29-21(26)19(22(30)27-16-8-9-18(25)17(23)11-16)20(28-29)14-3-2-13(10-14)12-4-6-15(24)7-5-12/h4-9,11,13-14H,2-3,10,26H2,1H3,(H,27,30). The third kappa shape index (κ3) is 3.89. The highest BCUT2D eigenvalue weighted by molar-refractivity contribution is 6.31. The lowest BCUT2D eigenvalue weighted by atomic mass is 9.94. The average Bonchev–Trinajstić information content (AvgIpc) is 3.31. The summed E-state index contributed by atoms with van der Waals surface area (Å²) in [6.45, 7) is 0. The highest BCUT2D eigenvalue weighted by Crippen LogP contribution is 2.44. The second-order valence-corrected chi connectivity index (χ2v) is 8.02. The monoisotopic (exact) mass is 430 g/mol. The van der Waals surface area contributed by atoms with Crippen molar-refractivity contribution in [1.82, 2.24) is 9.78 Å². The number of nitrogens with one attached hydrogen (secondary N) is 1. The highest BCUT2D eigenvalue weighted by Gasteiger charge is 2.33. The van der Waals surface area contributed by atoms with E-state index in [0.717, 1.165) is 24.8 Å². The summed E-state index contributed by atoms with van der Waals surface area (Å²) in [6.07, 6.45) is 2.56. The third-order valence-electron chi connectivity index (χ3n) is 5.68. The summed E-state index contributed by atoms with van der Waals surface area (Å²) in [5.41, 5.74) is 8.57. The van der Waals surface area contributed by atoms with Gasteiger partial charge in [-0.2, -0.15) is 5.10 Å². The Balaban J connectivity index is 1.57. The van der Waals surface area contributed by atoms with Crippen molar-refractivity contribution in [3.8, 4) is 0 Å². The number of hydrogen-bond acceptors (Lipinski definition) is 3. The van der Waals surface area contributed by atoms with E-state index in [9.17, 15) is 13.6 Å². The van der Waals surface area contributed by atoms with Gasteiger partial charge in [-0.1, -0.05) is 23.7 Å². The Morgan fingerprint density at radius 3 is 2.57 bits per heavy atom. The molecule has 1 aromatic heterocycles. The van der Waals surface area contributed by atoms with Gasteiger partial charge in [0.1, 0.15) is 23.0 Å². The van der Waals surface area contributed by atoms with Crippen LogP contribution in [0.1, 0.15) is 52.7 Å². The highest BCUT2D eigenvalue weighted by atomic mass is 35.5. The van der Waals surface area contributed by atoms with Crippen molar-refractivity contribution < 1.29 is 13.6 Å². The number of amides is 1. The van der Waals surface area contributed by atoms with Crippen molar-refractivity contribution in [3.63, 3.8) is 0 Å². The Labute approximate surface area is 177 Å². The van der Waals surface area contributed by atoms with Crippen LogP contribution in [-0.2, 0) is 7.05 Å². The number of benzene rings is 2. The van der Waals surface area contributed by atoms with Gasteiger partial charge in [-0.05, 0) is 61.1 Å². The van der Waals surface area contributed by atoms with Crippen LogP contribution in [0.25, 0.3) is 0 Å². The van der Waals surface area contributed by atoms with Crippen LogP contribution >= 0.6 is 11.6 Å². The molecular formula is C22H21ClF2N4O. The first kappa shape index (κ1) is 20.3. The van der Waals surface area contributed by atoms with E-state index >= 15 is 0 Å². The van der Waals surface area contributed by atoms with Crippen LogP contribution in [0.15, 0.2) is 42.5 Å². The Kier molecular flexibility index (Phi) is 5.47. The largest absolute Gasteiger partial charge is 0.383 e. The first-order valence-electron chi connectivity index (χ1n) is 9.67. The van der Waals surface area contributed by atoms with Crippen LogP contribution in [0.2, 0.25) is 5.02 Å². The average molecular weight is 431 g/mol. The zero-order valence-electron chi connectivity index (χ0n) is 16.3. The molecule has 2 unspecified atom stereocenters. The van der Waals surface area contributed by atoms with Gasteiger partial charge >= 0.3 is 0 Å². The van der Waals surface area contributed by atoms with Gasteiger partial charge in [0.25, 0.3) is 5.91 Å². The van der Waals surface area contributed by atoms with Crippen LogP contribution in [-0.4, -0.2) is 15.7 Å². The fraction of sp³-hybridized carbons (Fsp3) is 0.273. The number of halogens is 3. The number of nitrogens with two attached hydrogens (primary N) is 1. The number of rotatable bonds is 4. The Bertz CT molecular complexity index is 1100. The minimum absolute atomic E-state index is 0.0566. The van der Waals surface area contributed by atoms with E-state index < -0.39 is 11.7 Å². The lowest BCUT2D eigenvalue weighted by Gasteiger charge is -2.12. The zero-order valence-corrected chi connectivity index (χ0v) is 17.1. The lowest BCUT2D eigenvalue weighted by molar-refractivity contribution is 0.102. The Morgan fingerprint density at radius 1 is 1.17 bits per heavy atom. The molecule has 1 saturated carbocycles. The Hall–Kier alpha value is -2.93. The van der Waals surface area contributed by atoms with Gasteiger partial charge < -0.3 is 11.1 Å². The van der Waals surface area contributed by atoms with E-state index in [1.165, 1.54) is 35.0 Å². The van der Waals surface area contributed by atoms with E-state index in [-0.39, 0.29) is 28.5 Å². The third-order valence-corrected chi connectivity index (χ3v) is 5.97. The summed E-state index contributed by atoms with van der Waals surface area (Å²) in [5.74, 6) is -0.643. The summed E-state index contributed by atoms with van der Waals surface area (Å²) in [6, 6.07) is 10.5. The smallest absolute Gasteiger partial charge is 0.261 e. The topological polar surface area (TPSA) is 72.9 Å². The molecule has 0 aliphatic heterocycles. The molecule has 30 heavy (non-hydrogen) atoms. The molecule has 0 spiro atoms. The zero-order chi connectivity index (χ0) is 21.4. The minimum Gasteiger partial charge on any atom is -0.383 e. The number of aryl methyl sites for hydroxylation is 1. The van der Waals surface area contributed by atoms with E-state index in [4.69, 9.17) is 17.3 Å². The second kappa shape index (κ2) is 8.07. The summed E-state index contributed by atoms with van der Waals surface area (Å²) >= 11 is 5.81. The molecule has 0 radical (unpaired) electrons. The van der Waals surface area contributed by atoms with Gasteiger partial charge in [0.05, 0.1) is 10.7 Å². The number of hydrogen-bond donors (Lipinski definition) is 2. The van der Waals surface area contributed by atoms with E-state index in [1.54, 1.807) is 19.2 Å². The molecule has 1 heterocycles. The predicted molar refractivity (Wildman–Crippen MR) is 113 cm³/mol. The molecule has 1 amide bonds. The van der Waals surface area contributed by atoms with Crippen LogP contribution in [0.3, 0.4) is 0 Å². The molecule has 1 aliphatic rings. The second-order valence-electron chi connectivity index (χ2n) is 7.61. The van der Waals surface area contributed by atoms with Crippen LogP contribution in [0.5, 0.6) is 0 Å². The normalized spacial score (nSPS) is 18.5. The molecule has 1 aliphatic carbocycles. The maximum Gasteiger partial charge on any atom is 0.261 e. The molecule has 2 aromatic carbocycles. The van der Waals surface area contributed by atoms with Crippen molar-refractivity contribution in [1.29, 1.82) is 0 Å². The summed E-state index contributed by atoms with van der Waals surface area (Å²) in [7, 11) is 1.69. The maximum atomic E-state index is 13.4. The summed E-state index contributed by atoms with van der Waals surface area (Å²) in [4.78, 5) is 13.0. The molecule has 0 saturated heterocycles. The van der Waals surface area contributed by atoms with Crippen molar-refractivity contribution in [2.24, 2.45) is 7.05 Å². The van der Waals surface area contributed by atoms with Gasteiger partial charge in [0, 0.05) is 18.7 Å². The van der Waals surface area contributed by atoms with Crippen molar-refractivity contribution in [3.05, 3.63) is 75.9 Å². The van der Waals surface area contributed by atoms with Gasteiger partial charge in [-0.3, -0.25) is 9.48 Å². The molecule has 3 N–H and O–H groups in total. The first-order valence-corrected chi connectivity index (χ1v) is 10.1. The molecule has 3 aromatic rings. The van der Waals surface area contributed by atoms with E-state index in [2.05, 4.69) is 10.4 Å². The Morgan fingerprint density at radius 2 is 1.87 bits per heavy atom. The summed E-state index contributed by atoms with van der Waals surface area (Å²) < 4.78 is 28.1. The minimum atomic E-state index is -0.561. The van der Waals surface area contributed by atoms with Crippen LogP contribution < -0.4 is 11.1 Å². The molecule has 0 bridgehead atoms. The lowest BCUT2D eigenvalue weighted by Crippen LogP contribution is -2.16. The molecule has 1 fully saturated rings. The van der Waals surface area contributed by atoms with E-state index in [0.29, 0.717) is 16.9 Å². The molecule has 8 heteroatoms. The van der Waals surface area contributed by atoms with Gasteiger partial charge in [0.2, 0.25) is 0 Å². The first-order chi connectivity index (χ1) is 14.3. The number of nitrogen functional groups attached to an aromatic ring is 1. The fourth-order valence-corrected chi connectivity index (χ4v) is 4.29. The molecule has 2 atom stereocenters. The quantitative estimate of drug-likeness (QED) is 0.594. The SMILES string of the molecule is Cn1nc(C2CCC(c3ccc(F)cc3)C2)c(C(=O)Nc2ccc(F)c(Cl)c2)c1N. The number of anilines is 2. The molecular weight excluding hydrogens is 410 g/mol. The molecule has 4 rings (SSSR count). The van der Waals surface area contributed by atoms with E-state index in [1.807, 2.05) is 0 Å². The fourth-order valence-electron chi connectivity index (χ4n) is 4.11. The van der Waals surface area contributed by atoms with Gasteiger partial charge in [-0.15, -0.1) is 0 Å². The molecule has 5 nitrogen and oxygen atoms in total. The number of carbonyl (C=O) groups excluding carboxylic acids is 1. The number of nitrogens with zero attached hydrogens (tertiary/aromatic N) is 2. The predicted octanol–water partition coefficient (Wildman–Crippen LogP) is 5.24. The van der Waals surface area contributed by atoms with Crippen molar-refractivity contribution in [2.45, 2.75) is 31.1 Å². The number of aromatic nitrogens is 2. The van der Waals surface area contributed by atoms with Crippen molar-refractivity contribution in [2.75, 3.05) is 11.1 Å². The van der Waals surface area contributed by atoms with Gasteiger partial charge in [0.15, 0.2) is 0 Å². The maximum absolute atomic E-state index is 13.4. The van der Waals surface area contributed by atoms with Crippen LogP contribution in [0.4, 0.5) is 20.3 Å². The summed E-state index contributed by atoms with van der Waals surface area (Å²) in [5, 5.41) is 7.16. The number of carbonyl (C=O) groups is 1.